The minimum Gasteiger partial charge on any atom is -0.486 e. The molecule has 3 aromatic rings. The lowest BCUT2D eigenvalue weighted by molar-refractivity contribution is 0.0566. The van der Waals surface area contributed by atoms with Crippen molar-refractivity contribution in [2.45, 2.75) is 58.5 Å². The van der Waals surface area contributed by atoms with Gasteiger partial charge in [-0.3, -0.25) is 4.98 Å². The molecule has 190 valence electrons. The normalized spacial score (nSPS) is 12.1. The van der Waals surface area contributed by atoms with Crippen LogP contribution in [-0.4, -0.2) is 24.3 Å². The van der Waals surface area contributed by atoms with Crippen molar-refractivity contribution < 1.29 is 13.9 Å². The fraction of sp³-hybridized carbons (Fsp3) is 0.344. The molecule has 0 aliphatic carbocycles. The maximum Gasteiger partial charge on any atom is 0.165 e. The SMILES string of the molecule is C=CCOc1ccc(-c2ccc(-c3ccc(/C=C/CCCC(C)OCCCCC)cc3)cn2)cc1F. The highest BCUT2D eigenvalue weighted by molar-refractivity contribution is 5.68. The number of nitrogens with zero attached hydrogens (tertiary/aromatic N) is 1. The summed E-state index contributed by atoms with van der Waals surface area (Å²) in [4.78, 5) is 4.54. The lowest BCUT2D eigenvalue weighted by Crippen LogP contribution is -2.08. The van der Waals surface area contributed by atoms with Gasteiger partial charge in [0.15, 0.2) is 11.6 Å². The zero-order chi connectivity index (χ0) is 25.6. The first-order valence-corrected chi connectivity index (χ1v) is 13.0. The number of hydrogen-bond acceptors (Lipinski definition) is 3. The summed E-state index contributed by atoms with van der Waals surface area (Å²) in [6.07, 6.45) is 15.1. The molecule has 36 heavy (non-hydrogen) atoms. The van der Waals surface area contributed by atoms with Gasteiger partial charge in [-0.15, -0.1) is 0 Å². The Morgan fingerprint density at radius 1 is 0.972 bits per heavy atom. The van der Waals surface area contributed by atoms with E-state index in [1.807, 2.05) is 24.4 Å². The van der Waals surface area contributed by atoms with Crippen LogP contribution < -0.4 is 4.74 Å². The second-order valence-corrected chi connectivity index (χ2v) is 9.02. The molecular formula is C32H38FNO2. The number of unbranched alkanes of at least 4 members (excludes halogenated alkanes) is 3. The van der Waals surface area contributed by atoms with Gasteiger partial charge >= 0.3 is 0 Å². The van der Waals surface area contributed by atoms with E-state index in [9.17, 15) is 4.39 Å². The Bertz CT molecular complexity index is 1090. The summed E-state index contributed by atoms with van der Waals surface area (Å²) < 4.78 is 25.4. The number of halogens is 1. The molecule has 0 aliphatic rings. The fourth-order valence-electron chi connectivity index (χ4n) is 3.91. The van der Waals surface area contributed by atoms with Crippen molar-refractivity contribution in [2.24, 2.45) is 0 Å². The molecule has 3 nitrogen and oxygen atoms in total. The van der Waals surface area contributed by atoms with E-state index in [0.717, 1.165) is 43.4 Å². The zero-order valence-electron chi connectivity index (χ0n) is 21.6. The first kappa shape index (κ1) is 27.3. The van der Waals surface area contributed by atoms with Crippen LogP contribution in [0.5, 0.6) is 5.75 Å². The molecule has 0 fully saturated rings. The summed E-state index contributed by atoms with van der Waals surface area (Å²) in [5.41, 5.74) is 4.73. The molecule has 0 saturated heterocycles. The third-order valence-corrected chi connectivity index (χ3v) is 6.03. The van der Waals surface area contributed by atoms with Crippen LogP contribution in [0.2, 0.25) is 0 Å². The van der Waals surface area contributed by atoms with Gasteiger partial charge in [0.2, 0.25) is 0 Å². The number of rotatable bonds is 15. The van der Waals surface area contributed by atoms with E-state index in [1.54, 1.807) is 12.1 Å². The van der Waals surface area contributed by atoms with E-state index in [-0.39, 0.29) is 12.4 Å². The maximum atomic E-state index is 14.3. The average Bonchev–Trinajstić information content (AvgIpc) is 2.91. The summed E-state index contributed by atoms with van der Waals surface area (Å²) in [7, 11) is 0. The van der Waals surface area contributed by atoms with E-state index >= 15 is 0 Å². The van der Waals surface area contributed by atoms with Crippen molar-refractivity contribution in [1.82, 2.24) is 4.98 Å². The number of benzene rings is 2. The van der Waals surface area contributed by atoms with E-state index in [2.05, 4.69) is 61.8 Å². The van der Waals surface area contributed by atoms with Crippen LogP contribution in [0.1, 0.15) is 57.9 Å². The molecule has 0 N–H and O–H groups in total. The number of ether oxygens (including phenoxy) is 2. The Labute approximate surface area is 215 Å². The monoisotopic (exact) mass is 487 g/mol. The van der Waals surface area contributed by atoms with Crippen molar-refractivity contribution in [3.8, 4) is 28.1 Å². The smallest absolute Gasteiger partial charge is 0.165 e. The Morgan fingerprint density at radius 3 is 2.44 bits per heavy atom. The van der Waals surface area contributed by atoms with Gasteiger partial charge in [0.1, 0.15) is 6.61 Å². The van der Waals surface area contributed by atoms with Crippen LogP contribution >= 0.6 is 0 Å². The van der Waals surface area contributed by atoms with Crippen molar-refractivity contribution in [2.75, 3.05) is 13.2 Å². The highest BCUT2D eigenvalue weighted by Gasteiger charge is 2.08. The Kier molecular flexibility index (Phi) is 11.4. The fourth-order valence-corrected chi connectivity index (χ4v) is 3.91. The number of allylic oxidation sites excluding steroid dienone is 1. The molecule has 0 amide bonds. The van der Waals surface area contributed by atoms with E-state index < -0.39 is 5.82 Å². The van der Waals surface area contributed by atoms with Crippen molar-refractivity contribution in [3.05, 3.63) is 90.9 Å². The van der Waals surface area contributed by atoms with Gasteiger partial charge in [0.05, 0.1) is 11.8 Å². The van der Waals surface area contributed by atoms with Crippen LogP contribution in [0.4, 0.5) is 4.39 Å². The van der Waals surface area contributed by atoms with Crippen molar-refractivity contribution in [1.29, 1.82) is 0 Å². The van der Waals surface area contributed by atoms with Crippen LogP contribution in [0.15, 0.2) is 79.5 Å². The molecule has 0 spiro atoms. The van der Waals surface area contributed by atoms with Gasteiger partial charge in [0.25, 0.3) is 0 Å². The van der Waals surface area contributed by atoms with Gasteiger partial charge < -0.3 is 9.47 Å². The minimum absolute atomic E-state index is 0.214. The Hall–Kier alpha value is -3.24. The Morgan fingerprint density at radius 2 is 1.75 bits per heavy atom. The molecule has 0 bridgehead atoms. The Balaban J connectivity index is 1.49. The molecule has 3 rings (SSSR count). The van der Waals surface area contributed by atoms with Gasteiger partial charge in [-0.05, 0) is 68.0 Å². The molecule has 1 atom stereocenters. The van der Waals surface area contributed by atoms with Crippen LogP contribution in [0.3, 0.4) is 0 Å². The van der Waals surface area contributed by atoms with Gasteiger partial charge in [-0.1, -0.05) is 74.9 Å². The first-order valence-electron chi connectivity index (χ1n) is 13.0. The van der Waals surface area contributed by atoms with Crippen LogP contribution in [-0.2, 0) is 4.74 Å². The summed E-state index contributed by atoms with van der Waals surface area (Å²) in [6, 6.07) is 17.3. The highest BCUT2D eigenvalue weighted by atomic mass is 19.1. The quantitative estimate of drug-likeness (QED) is 0.158. The average molecular weight is 488 g/mol. The van der Waals surface area contributed by atoms with Crippen LogP contribution in [0.25, 0.3) is 28.5 Å². The second kappa shape index (κ2) is 15.0. The molecular weight excluding hydrogens is 449 g/mol. The standard InChI is InChI=1S/C32H38FNO2/c1-4-6-10-22-35-25(3)11-8-7-9-12-26-13-15-27(16-14-26)29-17-19-31(34-24-29)28-18-20-32(30(33)23-28)36-21-5-2/h5,9,12-20,23-25H,2,4,6-8,10-11,21-22H2,1,3H3/b12-9+. The molecule has 4 heteroatoms. The molecule has 0 radical (unpaired) electrons. The largest absolute Gasteiger partial charge is 0.486 e. The molecule has 1 unspecified atom stereocenters. The lowest BCUT2D eigenvalue weighted by Gasteiger charge is -2.12. The zero-order valence-corrected chi connectivity index (χ0v) is 21.6. The molecule has 2 aromatic carbocycles. The van der Waals surface area contributed by atoms with E-state index in [4.69, 9.17) is 9.47 Å². The predicted octanol–water partition coefficient (Wildman–Crippen LogP) is 8.90. The summed E-state index contributed by atoms with van der Waals surface area (Å²) >= 11 is 0. The highest BCUT2D eigenvalue weighted by Crippen LogP contribution is 2.27. The second-order valence-electron chi connectivity index (χ2n) is 9.02. The number of hydrogen-bond donors (Lipinski definition) is 0. The van der Waals surface area contributed by atoms with Crippen molar-refractivity contribution >= 4 is 6.08 Å². The summed E-state index contributed by atoms with van der Waals surface area (Å²) in [6.45, 7) is 9.12. The third-order valence-electron chi connectivity index (χ3n) is 6.03. The van der Waals surface area contributed by atoms with Crippen LogP contribution in [0, 0.1) is 5.82 Å². The van der Waals surface area contributed by atoms with Gasteiger partial charge in [-0.25, -0.2) is 4.39 Å². The van der Waals surface area contributed by atoms with E-state index in [1.165, 1.54) is 24.5 Å². The lowest BCUT2D eigenvalue weighted by atomic mass is 10.0. The third kappa shape index (κ3) is 8.76. The molecule has 1 heterocycles. The number of pyridine rings is 1. The minimum atomic E-state index is -0.408. The predicted molar refractivity (Wildman–Crippen MR) is 149 cm³/mol. The topological polar surface area (TPSA) is 31.4 Å². The molecule has 1 aromatic heterocycles. The number of aromatic nitrogens is 1. The molecule has 0 aliphatic heterocycles. The first-order chi connectivity index (χ1) is 17.6. The van der Waals surface area contributed by atoms with Crippen molar-refractivity contribution in [3.63, 3.8) is 0 Å². The summed E-state index contributed by atoms with van der Waals surface area (Å²) in [5, 5.41) is 0. The summed E-state index contributed by atoms with van der Waals surface area (Å²) in [5.74, 6) is -0.195. The van der Waals surface area contributed by atoms with Gasteiger partial charge in [-0.2, -0.15) is 0 Å². The van der Waals surface area contributed by atoms with Gasteiger partial charge in [0, 0.05) is 23.9 Å². The van der Waals surface area contributed by atoms with E-state index in [0.29, 0.717) is 17.4 Å². The maximum absolute atomic E-state index is 14.3. The molecule has 0 saturated carbocycles.